The van der Waals surface area contributed by atoms with Crippen molar-refractivity contribution in [2.75, 3.05) is 5.32 Å². The van der Waals surface area contributed by atoms with Gasteiger partial charge in [-0.3, -0.25) is 9.59 Å². The van der Waals surface area contributed by atoms with Crippen molar-refractivity contribution in [1.29, 1.82) is 0 Å². The molecule has 2 aromatic carbocycles. The van der Waals surface area contributed by atoms with Crippen LogP contribution in [0, 0.1) is 5.82 Å². The Hall–Kier alpha value is -3.16. The third kappa shape index (κ3) is 3.10. The van der Waals surface area contributed by atoms with E-state index in [1.807, 2.05) is 0 Å². The number of nitrogens with one attached hydrogen (secondary N) is 2. The number of anilines is 1. The van der Waals surface area contributed by atoms with Crippen molar-refractivity contribution < 1.29 is 22.4 Å². The van der Waals surface area contributed by atoms with Crippen LogP contribution in [0.3, 0.4) is 0 Å². The maximum atomic E-state index is 13.6. The molecule has 0 aliphatic rings. The molecule has 0 fully saturated rings. The molecule has 0 aliphatic heterocycles. The van der Waals surface area contributed by atoms with Crippen LogP contribution < -0.4 is 10.7 Å². The lowest BCUT2D eigenvalue weighted by atomic mass is 10.1. The monoisotopic (exact) mass is 350 g/mol. The van der Waals surface area contributed by atoms with Gasteiger partial charge in [-0.15, -0.1) is 0 Å². The van der Waals surface area contributed by atoms with Crippen LogP contribution in [0.25, 0.3) is 10.9 Å². The topological polar surface area (TPSA) is 62.0 Å². The van der Waals surface area contributed by atoms with E-state index in [0.29, 0.717) is 0 Å². The fourth-order valence-corrected chi connectivity index (χ4v) is 2.41. The lowest BCUT2D eigenvalue weighted by Gasteiger charge is -2.11. The van der Waals surface area contributed by atoms with Gasteiger partial charge in [-0.05, 0) is 24.3 Å². The minimum absolute atomic E-state index is 0.143. The summed E-state index contributed by atoms with van der Waals surface area (Å²) >= 11 is 0. The molecule has 3 rings (SSSR count). The minimum Gasteiger partial charge on any atom is -0.360 e. The number of fused-ring (bicyclic) bond motifs is 1. The molecular formula is C17H10F4N2O2. The van der Waals surface area contributed by atoms with Gasteiger partial charge < -0.3 is 10.3 Å². The summed E-state index contributed by atoms with van der Waals surface area (Å²) in [4.78, 5) is 26.9. The third-order valence-electron chi connectivity index (χ3n) is 3.59. The van der Waals surface area contributed by atoms with Crippen LogP contribution >= 0.6 is 0 Å². The number of aromatic amines is 1. The zero-order valence-electron chi connectivity index (χ0n) is 12.4. The van der Waals surface area contributed by atoms with Gasteiger partial charge in [0.25, 0.3) is 5.91 Å². The Labute approximate surface area is 138 Å². The van der Waals surface area contributed by atoms with Crippen LogP contribution in [0.15, 0.2) is 53.5 Å². The molecule has 8 heteroatoms. The average molecular weight is 350 g/mol. The highest BCUT2D eigenvalue weighted by atomic mass is 19.4. The number of amides is 1. The molecule has 0 atom stereocenters. The maximum Gasteiger partial charge on any atom is 0.418 e. The molecule has 1 amide bonds. The fraction of sp³-hybridized carbons (Fsp3) is 0.0588. The van der Waals surface area contributed by atoms with Gasteiger partial charge in [-0.2, -0.15) is 13.2 Å². The van der Waals surface area contributed by atoms with E-state index in [-0.39, 0.29) is 11.1 Å². The number of rotatable bonds is 2. The number of H-pyrrole nitrogens is 1. The number of carbonyl (C=O) groups excluding carboxylic acids is 1. The Morgan fingerprint density at radius 3 is 2.44 bits per heavy atom. The van der Waals surface area contributed by atoms with E-state index in [4.69, 9.17) is 0 Å². The summed E-state index contributed by atoms with van der Waals surface area (Å²) in [6.07, 6.45) is -3.77. The van der Waals surface area contributed by atoms with E-state index in [0.717, 1.165) is 24.4 Å². The summed E-state index contributed by atoms with van der Waals surface area (Å²) in [5.74, 6) is -1.63. The first kappa shape index (κ1) is 16.7. The molecule has 1 heterocycles. The Balaban J connectivity index is 2.07. The van der Waals surface area contributed by atoms with Gasteiger partial charge in [0, 0.05) is 11.6 Å². The van der Waals surface area contributed by atoms with Crippen molar-refractivity contribution in [3.63, 3.8) is 0 Å². The lowest BCUT2D eigenvalue weighted by Crippen LogP contribution is -2.23. The number of para-hydroxylation sites is 2. The van der Waals surface area contributed by atoms with Gasteiger partial charge in [0.1, 0.15) is 11.4 Å². The van der Waals surface area contributed by atoms with Crippen molar-refractivity contribution in [1.82, 2.24) is 4.98 Å². The molecule has 1 aromatic heterocycles. The summed E-state index contributed by atoms with van der Waals surface area (Å²) in [6, 6.07) is 8.42. The highest BCUT2D eigenvalue weighted by molar-refractivity contribution is 6.05. The number of halogens is 4. The van der Waals surface area contributed by atoms with Gasteiger partial charge in [0.05, 0.1) is 16.8 Å². The van der Waals surface area contributed by atoms with Gasteiger partial charge in [-0.25, -0.2) is 4.39 Å². The summed E-state index contributed by atoms with van der Waals surface area (Å²) in [7, 11) is 0. The smallest absolute Gasteiger partial charge is 0.360 e. The van der Waals surface area contributed by atoms with E-state index in [1.54, 1.807) is 0 Å². The van der Waals surface area contributed by atoms with E-state index in [9.17, 15) is 27.2 Å². The molecule has 2 N–H and O–H groups in total. The Bertz CT molecular complexity index is 1030. The first-order chi connectivity index (χ1) is 11.8. The maximum absolute atomic E-state index is 13.6. The molecule has 3 aromatic rings. The van der Waals surface area contributed by atoms with Gasteiger partial charge >= 0.3 is 6.18 Å². The lowest BCUT2D eigenvalue weighted by molar-refractivity contribution is -0.136. The highest BCUT2D eigenvalue weighted by Crippen LogP contribution is 2.33. The molecule has 0 aliphatic carbocycles. The Kier molecular flexibility index (Phi) is 4.03. The zero-order chi connectivity index (χ0) is 18.2. The van der Waals surface area contributed by atoms with E-state index < -0.39 is 40.0 Å². The van der Waals surface area contributed by atoms with Crippen molar-refractivity contribution in [3.05, 3.63) is 75.8 Å². The standard InChI is InChI=1S/C17H10F4N2O2/c18-12-6-1-2-7-13(12)23-16(25)10-8-22-14-9(15(10)24)4-3-5-11(14)17(19,20)21/h1-8H,(H,22,24)(H,23,25). The van der Waals surface area contributed by atoms with E-state index >= 15 is 0 Å². The quantitative estimate of drug-likeness (QED) is 0.688. The van der Waals surface area contributed by atoms with Crippen LogP contribution in [0.5, 0.6) is 0 Å². The van der Waals surface area contributed by atoms with Crippen molar-refractivity contribution in [3.8, 4) is 0 Å². The van der Waals surface area contributed by atoms with Gasteiger partial charge in [0.2, 0.25) is 5.43 Å². The van der Waals surface area contributed by atoms with Crippen LogP contribution in [-0.4, -0.2) is 10.9 Å². The molecule has 0 saturated carbocycles. The number of benzene rings is 2. The normalized spacial score (nSPS) is 11.5. The molecule has 0 spiro atoms. The van der Waals surface area contributed by atoms with Crippen LogP contribution in [-0.2, 0) is 6.18 Å². The van der Waals surface area contributed by atoms with E-state index in [2.05, 4.69) is 10.3 Å². The predicted octanol–water partition coefficient (Wildman–Crippen LogP) is 3.94. The summed E-state index contributed by atoms with van der Waals surface area (Å²) in [6.45, 7) is 0. The summed E-state index contributed by atoms with van der Waals surface area (Å²) in [5.41, 5.74) is -2.87. The van der Waals surface area contributed by atoms with Gasteiger partial charge in [0.15, 0.2) is 0 Å². The largest absolute Gasteiger partial charge is 0.418 e. The molecule has 4 nitrogen and oxygen atoms in total. The van der Waals surface area contributed by atoms with Crippen LogP contribution in [0.1, 0.15) is 15.9 Å². The molecule has 0 unspecified atom stereocenters. The van der Waals surface area contributed by atoms with Crippen LogP contribution in [0.4, 0.5) is 23.2 Å². The Morgan fingerprint density at radius 1 is 1.04 bits per heavy atom. The highest BCUT2D eigenvalue weighted by Gasteiger charge is 2.33. The second-order valence-electron chi connectivity index (χ2n) is 5.19. The van der Waals surface area contributed by atoms with Crippen molar-refractivity contribution in [2.24, 2.45) is 0 Å². The average Bonchev–Trinajstić information content (AvgIpc) is 2.56. The minimum atomic E-state index is -4.65. The zero-order valence-corrected chi connectivity index (χ0v) is 12.4. The number of alkyl halides is 3. The number of aromatic nitrogens is 1. The Morgan fingerprint density at radius 2 is 1.76 bits per heavy atom. The molecule has 25 heavy (non-hydrogen) atoms. The summed E-state index contributed by atoms with van der Waals surface area (Å²) < 4.78 is 52.6. The van der Waals surface area contributed by atoms with E-state index in [1.165, 1.54) is 24.3 Å². The summed E-state index contributed by atoms with van der Waals surface area (Å²) in [5, 5.41) is 1.94. The predicted molar refractivity (Wildman–Crippen MR) is 83.9 cm³/mol. The molecule has 0 saturated heterocycles. The van der Waals surface area contributed by atoms with Crippen molar-refractivity contribution in [2.45, 2.75) is 6.18 Å². The second kappa shape index (κ2) is 6.04. The van der Waals surface area contributed by atoms with Gasteiger partial charge in [-0.1, -0.05) is 18.2 Å². The molecule has 0 radical (unpaired) electrons. The molecular weight excluding hydrogens is 340 g/mol. The number of hydrogen-bond donors (Lipinski definition) is 2. The number of hydrogen-bond acceptors (Lipinski definition) is 2. The molecule has 0 bridgehead atoms. The number of carbonyl (C=O) groups is 1. The molecule has 128 valence electrons. The first-order valence-electron chi connectivity index (χ1n) is 7.06. The number of pyridine rings is 1. The second-order valence-corrected chi connectivity index (χ2v) is 5.19. The van der Waals surface area contributed by atoms with Crippen LogP contribution in [0.2, 0.25) is 0 Å². The first-order valence-corrected chi connectivity index (χ1v) is 7.06. The fourth-order valence-electron chi connectivity index (χ4n) is 2.41. The SMILES string of the molecule is O=C(Nc1ccccc1F)c1c[nH]c2c(C(F)(F)F)cccc2c1=O. The third-order valence-corrected chi connectivity index (χ3v) is 3.59. The van der Waals surface area contributed by atoms with Crippen molar-refractivity contribution >= 4 is 22.5 Å².